The molecule has 0 saturated carbocycles. The van der Waals surface area contributed by atoms with Gasteiger partial charge in [-0.25, -0.2) is 0 Å². The zero-order chi connectivity index (χ0) is 38.8. The van der Waals surface area contributed by atoms with Gasteiger partial charge < -0.3 is 4.42 Å². The van der Waals surface area contributed by atoms with Crippen LogP contribution < -0.4 is 0 Å². The maximum absolute atomic E-state index is 9.28. The summed E-state index contributed by atoms with van der Waals surface area (Å²) in [5, 5.41) is -1.33. The lowest BCUT2D eigenvalue weighted by Crippen LogP contribution is -1.91. The van der Waals surface area contributed by atoms with Gasteiger partial charge in [-0.1, -0.05) is 133 Å². The summed E-state index contributed by atoms with van der Waals surface area (Å²) in [6.07, 6.45) is 0. The molecule has 0 spiro atoms. The third-order valence-electron chi connectivity index (χ3n) is 6.85. The molecule has 8 rings (SSSR count). The Morgan fingerprint density at radius 3 is 1.59 bits per heavy atom. The second-order valence-corrected chi connectivity index (χ2v) is 8.95. The third-order valence-corrected chi connectivity index (χ3v) is 6.85. The van der Waals surface area contributed by atoms with Crippen LogP contribution in [0.15, 0.2) is 150 Å². The molecule has 7 aromatic carbocycles. The van der Waals surface area contributed by atoms with Crippen LogP contribution in [0.25, 0.3) is 76.9 Å². The molecule has 1 aromatic heterocycles. The molecule has 0 amide bonds. The predicted octanol–water partition coefficient (Wildman–Crippen LogP) is 10.9. The summed E-state index contributed by atoms with van der Waals surface area (Å²) >= 11 is 0. The molecule has 0 saturated heterocycles. The minimum Gasteiger partial charge on any atom is -0.456 e. The van der Waals surface area contributed by atoms with Crippen LogP contribution >= 0.6 is 0 Å². The van der Waals surface area contributed by atoms with Gasteiger partial charge in [0.25, 0.3) is 0 Å². The largest absolute Gasteiger partial charge is 0.456 e. The normalized spacial score (nSPS) is 17.0. The fourth-order valence-corrected chi connectivity index (χ4v) is 5.17. The summed E-state index contributed by atoms with van der Waals surface area (Å²) in [5.41, 5.74) is 0.664. The van der Waals surface area contributed by atoms with Gasteiger partial charge >= 0.3 is 0 Å². The van der Waals surface area contributed by atoms with Crippen molar-refractivity contribution in [2.45, 2.75) is 0 Å². The second-order valence-electron chi connectivity index (χ2n) is 8.95. The van der Waals surface area contributed by atoms with Crippen molar-refractivity contribution in [3.05, 3.63) is 145 Å². The molecule has 0 aliphatic heterocycles. The molecule has 0 N–H and O–H groups in total. The predicted molar refractivity (Wildman–Crippen MR) is 165 cm³/mol. The van der Waals surface area contributed by atoms with Crippen molar-refractivity contribution in [3.63, 3.8) is 0 Å². The fourth-order valence-electron chi connectivity index (χ4n) is 5.17. The Morgan fingerprint density at radius 2 is 0.923 bits per heavy atom. The van der Waals surface area contributed by atoms with Crippen LogP contribution in [0.1, 0.15) is 20.6 Å². The van der Waals surface area contributed by atoms with E-state index in [4.69, 9.17) is 18.1 Å². The zero-order valence-electron chi connectivity index (χ0n) is 35.1. The van der Waals surface area contributed by atoms with Crippen molar-refractivity contribution in [2.75, 3.05) is 0 Å². The van der Waals surface area contributed by atoms with Crippen LogP contribution in [0, 0.1) is 0 Å². The van der Waals surface area contributed by atoms with E-state index >= 15 is 0 Å². The van der Waals surface area contributed by atoms with Gasteiger partial charge in [0.2, 0.25) is 0 Å². The summed E-state index contributed by atoms with van der Waals surface area (Å²) in [6, 6.07) is 6.83. The first kappa shape index (κ1) is 11.7. The van der Waals surface area contributed by atoms with Crippen molar-refractivity contribution in [3.8, 4) is 33.4 Å². The molecule has 0 aliphatic carbocycles. The van der Waals surface area contributed by atoms with Crippen molar-refractivity contribution >= 4 is 43.5 Å². The SMILES string of the molecule is [2H]c1c([2H])c([2H])c2c(oc3c([2H])c([2H])c([2H])c(-c4c5c([2H])c([2H])c([2H])c([2H])c5c(-c5ccc(-c6ccccc6)cc5)c5c([2H])c([2H])c([2H])c([2H])c45)c32)c1[2H]. The van der Waals surface area contributed by atoms with Gasteiger partial charge in [0, 0.05) is 10.8 Å². The topological polar surface area (TPSA) is 13.1 Å². The van der Waals surface area contributed by atoms with Crippen LogP contribution in [0.3, 0.4) is 0 Å². The fraction of sp³-hybridized carbons (Fsp3) is 0. The lowest BCUT2D eigenvalue weighted by molar-refractivity contribution is 0.669. The van der Waals surface area contributed by atoms with E-state index in [2.05, 4.69) is 0 Å². The Labute approximate surface area is 247 Å². The average molecular weight is 512 g/mol. The van der Waals surface area contributed by atoms with E-state index in [1.165, 1.54) is 0 Å². The molecule has 39 heavy (non-hydrogen) atoms. The molecule has 0 radical (unpaired) electrons. The Hall–Kier alpha value is -5.14. The van der Waals surface area contributed by atoms with E-state index in [0.29, 0.717) is 5.56 Å². The maximum Gasteiger partial charge on any atom is 0.136 e. The number of benzene rings is 7. The van der Waals surface area contributed by atoms with Crippen molar-refractivity contribution in [1.82, 2.24) is 0 Å². The second kappa shape index (κ2) is 8.72. The standard InChI is InChI=1S/C38H24O/c1-2-11-25(12-3-1)26-21-23-27(24-22-26)36-28-13-4-6-15-30(28)37(31-16-7-5-14-29(31)36)33-18-10-20-35-38(33)32-17-8-9-19-34(32)39-35/h1-24H/i4D,5D,6D,7D,8D,9D,10D,13D,14D,15D,16D,17D,18D,19D,20D. The number of hydrogen-bond acceptors (Lipinski definition) is 1. The lowest BCUT2D eigenvalue weighted by atomic mass is 9.84. The maximum atomic E-state index is 9.28. The summed E-state index contributed by atoms with van der Waals surface area (Å²) in [4.78, 5) is 0. The first-order valence-electron chi connectivity index (χ1n) is 19.6. The number of hydrogen-bond donors (Lipinski definition) is 0. The third kappa shape index (κ3) is 3.41. The van der Waals surface area contributed by atoms with Gasteiger partial charge in [-0.2, -0.15) is 0 Å². The van der Waals surface area contributed by atoms with Gasteiger partial charge in [0.1, 0.15) is 11.2 Å². The molecular weight excluding hydrogens is 472 g/mol. The lowest BCUT2D eigenvalue weighted by Gasteiger charge is -2.18. The summed E-state index contributed by atoms with van der Waals surface area (Å²) < 4.78 is 139. The van der Waals surface area contributed by atoms with E-state index < -0.39 is 96.2 Å². The molecule has 8 aromatic rings. The van der Waals surface area contributed by atoms with E-state index in [1.807, 2.05) is 30.3 Å². The first-order chi connectivity index (χ1) is 25.6. The Morgan fingerprint density at radius 1 is 0.410 bits per heavy atom. The van der Waals surface area contributed by atoms with Crippen LogP contribution in [-0.4, -0.2) is 0 Å². The molecule has 182 valence electrons. The average Bonchev–Trinajstić information content (AvgIpc) is 3.58. The van der Waals surface area contributed by atoms with Crippen LogP contribution in [0.2, 0.25) is 0 Å². The highest BCUT2D eigenvalue weighted by atomic mass is 16.3. The molecule has 0 atom stereocenters. The van der Waals surface area contributed by atoms with Gasteiger partial charge in [-0.3, -0.25) is 0 Å². The molecule has 0 fully saturated rings. The highest BCUT2D eigenvalue weighted by Gasteiger charge is 2.19. The molecular formula is C38H24O. The van der Waals surface area contributed by atoms with Gasteiger partial charge in [-0.05, 0) is 67.0 Å². The number of rotatable bonds is 3. The van der Waals surface area contributed by atoms with E-state index in [1.54, 1.807) is 24.3 Å². The minimum atomic E-state index is -0.713. The number of fused-ring (bicyclic) bond motifs is 5. The van der Waals surface area contributed by atoms with Crippen molar-refractivity contribution < 1.29 is 25.0 Å². The summed E-state index contributed by atoms with van der Waals surface area (Å²) in [6.45, 7) is 0. The van der Waals surface area contributed by atoms with Gasteiger partial charge in [-0.15, -0.1) is 0 Å². The number of furan rings is 1. The highest BCUT2D eigenvalue weighted by molar-refractivity contribution is 6.25. The smallest absolute Gasteiger partial charge is 0.136 e. The summed E-state index contributed by atoms with van der Waals surface area (Å²) in [7, 11) is 0. The van der Waals surface area contributed by atoms with E-state index in [9.17, 15) is 6.85 Å². The zero-order valence-corrected chi connectivity index (χ0v) is 20.1. The highest BCUT2D eigenvalue weighted by Crippen LogP contribution is 2.46. The number of para-hydroxylation sites is 1. The van der Waals surface area contributed by atoms with Crippen molar-refractivity contribution in [2.24, 2.45) is 0 Å². The quantitative estimate of drug-likeness (QED) is 0.215. The molecule has 1 heterocycles. The molecule has 0 aliphatic rings. The molecule has 0 unspecified atom stereocenters. The minimum absolute atomic E-state index is 0.0623. The molecule has 0 bridgehead atoms. The van der Waals surface area contributed by atoms with Crippen molar-refractivity contribution in [1.29, 1.82) is 0 Å². The van der Waals surface area contributed by atoms with E-state index in [0.717, 1.165) is 11.1 Å². The van der Waals surface area contributed by atoms with Crippen LogP contribution in [0.4, 0.5) is 0 Å². The van der Waals surface area contributed by atoms with Gasteiger partial charge in [0.05, 0.1) is 20.6 Å². The molecule has 1 nitrogen and oxygen atoms in total. The Bertz CT molecular complexity index is 2890. The molecule has 1 heteroatoms. The van der Waals surface area contributed by atoms with Crippen LogP contribution in [0.5, 0.6) is 0 Å². The van der Waals surface area contributed by atoms with Crippen LogP contribution in [-0.2, 0) is 0 Å². The summed E-state index contributed by atoms with van der Waals surface area (Å²) in [5.74, 6) is 0. The monoisotopic (exact) mass is 511 g/mol. The van der Waals surface area contributed by atoms with E-state index in [-0.39, 0.29) is 54.6 Å². The Kier molecular flexibility index (Phi) is 2.62. The first-order valence-corrected chi connectivity index (χ1v) is 12.1. The Balaban J connectivity index is 1.70. The van der Waals surface area contributed by atoms with Gasteiger partial charge in [0.15, 0.2) is 0 Å².